The summed E-state index contributed by atoms with van der Waals surface area (Å²) in [6.07, 6.45) is 0.850. The summed E-state index contributed by atoms with van der Waals surface area (Å²) in [5, 5.41) is 0. The van der Waals surface area contributed by atoms with Gasteiger partial charge in [0, 0.05) is 10.1 Å². The fourth-order valence-electron chi connectivity index (χ4n) is 1.85. The van der Waals surface area contributed by atoms with Gasteiger partial charge in [-0.2, -0.15) is 0 Å². The molecule has 2 rings (SSSR count). The third kappa shape index (κ3) is 2.36. The monoisotopic (exact) mass is 343 g/mol. The van der Waals surface area contributed by atoms with Crippen LogP contribution in [0.3, 0.4) is 0 Å². The van der Waals surface area contributed by atoms with E-state index in [9.17, 15) is 9.59 Å². The van der Waals surface area contributed by atoms with Gasteiger partial charge in [-0.05, 0) is 53.1 Å². The summed E-state index contributed by atoms with van der Waals surface area (Å²) in [6, 6.07) is 5.38. The largest absolute Gasteiger partial charge is 0.274 e. The highest BCUT2D eigenvalue weighted by molar-refractivity contribution is 14.1. The smallest absolute Gasteiger partial charge is 0.261 e. The summed E-state index contributed by atoms with van der Waals surface area (Å²) >= 11 is 2.15. The third-order valence-corrected chi connectivity index (χ3v) is 3.53. The first-order valence-corrected chi connectivity index (χ1v) is 6.74. The van der Waals surface area contributed by atoms with Gasteiger partial charge in [0.15, 0.2) is 0 Å². The van der Waals surface area contributed by atoms with Gasteiger partial charge in [-0.3, -0.25) is 14.5 Å². The number of halogens is 1. The Kier molecular flexibility index (Phi) is 3.51. The van der Waals surface area contributed by atoms with Crippen LogP contribution >= 0.6 is 22.6 Å². The number of fused-ring (bicyclic) bond motifs is 1. The molecule has 0 atom stereocenters. The molecular weight excluding hydrogens is 329 g/mol. The molecule has 0 saturated carbocycles. The molecule has 90 valence electrons. The van der Waals surface area contributed by atoms with Crippen LogP contribution in [0.5, 0.6) is 0 Å². The number of rotatable bonds is 3. The van der Waals surface area contributed by atoms with Crippen molar-refractivity contribution in [2.24, 2.45) is 5.92 Å². The maximum absolute atomic E-state index is 12.1. The molecule has 2 amide bonds. The second kappa shape index (κ2) is 4.76. The van der Waals surface area contributed by atoms with Gasteiger partial charge in [-0.15, -0.1) is 0 Å². The summed E-state index contributed by atoms with van der Waals surface area (Å²) in [7, 11) is 0. The van der Waals surface area contributed by atoms with Gasteiger partial charge in [0.1, 0.15) is 0 Å². The summed E-state index contributed by atoms with van der Waals surface area (Å²) in [5.74, 6) is 0.186. The average Bonchev–Trinajstić information content (AvgIpc) is 2.49. The Labute approximate surface area is 114 Å². The molecule has 0 spiro atoms. The van der Waals surface area contributed by atoms with Gasteiger partial charge in [0.25, 0.3) is 11.8 Å². The summed E-state index contributed by atoms with van der Waals surface area (Å²) in [5.41, 5.74) is 1.09. The van der Waals surface area contributed by atoms with Crippen molar-refractivity contribution in [1.82, 2.24) is 4.90 Å². The van der Waals surface area contributed by atoms with Crippen molar-refractivity contribution >= 4 is 34.4 Å². The van der Waals surface area contributed by atoms with E-state index in [2.05, 4.69) is 36.4 Å². The Morgan fingerprint density at radius 2 is 1.82 bits per heavy atom. The number of carbonyl (C=O) groups excluding carboxylic acids is 2. The molecule has 0 unspecified atom stereocenters. The predicted octanol–water partition coefficient (Wildman–Crippen LogP) is 2.93. The van der Waals surface area contributed by atoms with E-state index in [4.69, 9.17) is 0 Å². The lowest BCUT2D eigenvalue weighted by Crippen LogP contribution is -2.31. The van der Waals surface area contributed by atoms with Crippen molar-refractivity contribution < 1.29 is 9.59 Å². The van der Waals surface area contributed by atoms with Gasteiger partial charge in [0.05, 0.1) is 11.1 Å². The van der Waals surface area contributed by atoms with Crippen LogP contribution in [0, 0.1) is 9.49 Å². The van der Waals surface area contributed by atoms with Crippen LogP contribution in [0.4, 0.5) is 0 Å². The Balaban J connectivity index is 2.26. The lowest BCUT2D eigenvalue weighted by molar-refractivity contribution is 0.0648. The van der Waals surface area contributed by atoms with Crippen molar-refractivity contribution in [2.75, 3.05) is 6.54 Å². The molecule has 3 nitrogen and oxygen atoms in total. The molecule has 0 fully saturated rings. The fourth-order valence-corrected chi connectivity index (χ4v) is 2.34. The van der Waals surface area contributed by atoms with Gasteiger partial charge >= 0.3 is 0 Å². The molecule has 17 heavy (non-hydrogen) atoms. The van der Waals surface area contributed by atoms with E-state index in [1.807, 2.05) is 6.07 Å². The Morgan fingerprint density at radius 1 is 1.18 bits per heavy atom. The van der Waals surface area contributed by atoms with Gasteiger partial charge in [-0.25, -0.2) is 0 Å². The number of amides is 2. The molecule has 0 radical (unpaired) electrons. The van der Waals surface area contributed by atoms with Crippen molar-refractivity contribution in [3.8, 4) is 0 Å². The van der Waals surface area contributed by atoms with Crippen LogP contribution in [0.25, 0.3) is 0 Å². The van der Waals surface area contributed by atoms with E-state index in [0.717, 1.165) is 9.99 Å². The minimum absolute atomic E-state index is 0.149. The maximum atomic E-state index is 12.1. The molecule has 4 heteroatoms. The van der Waals surface area contributed by atoms with E-state index in [1.165, 1.54) is 4.90 Å². The molecule has 0 saturated heterocycles. The fraction of sp³-hybridized carbons (Fsp3) is 0.385. The quantitative estimate of drug-likeness (QED) is 0.625. The molecule has 0 bridgehead atoms. The highest BCUT2D eigenvalue weighted by Gasteiger charge is 2.35. The highest BCUT2D eigenvalue weighted by atomic mass is 127. The van der Waals surface area contributed by atoms with Crippen LogP contribution in [0.1, 0.15) is 41.0 Å². The first-order chi connectivity index (χ1) is 8.00. The standard InChI is InChI=1S/C13H14INO2/c1-8(2)5-6-15-12(16)10-4-3-9(14)7-11(10)13(15)17/h3-4,7-8H,5-6H2,1-2H3. The van der Waals surface area contributed by atoms with E-state index in [-0.39, 0.29) is 11.8 Å². The topological polar surface area (TPSA) is 37.4 Å². The third-order valence-electron chi connectivity index (χ3n) is 2.86. The Morgan fingerprint density at radius 3 is 2.47 bits per heavy atom. The molecule has 1 aliphatic rings. The number of hydrogen-bond donors (Lipinski definition) is 0. The van der Waals surface area contributed by atoms with Crippen LogP contribution in [-0.2, 0) is 0 Å². The number of hydrogen-bond acceptors (Lipinski definition) is 2. The zero-order chi connectivity index (χ0) is 12.6. The molecule has 0 aromatic heterocycles. The number of benzene rings is 1. The molecule has 1 aliphatic heterocycles. The Bertz CT molecular complexity index is 482. The van der Waals surface area contributed by atoms with Gasteiger partial charge < -0.3 is 0 Å². The van der Waals surface area contributed by atoms with Crippen molar-refractivity contribution in [3.05, 3.63) is 32.9 Å². The normalized spacial score (nSPS) is 14.7. The number of carbonyl (C=O) groups is 2. The van der Waals surface area contributed by atoms with Gasteiger partial charge in [0.2, 0.25) is 0 Å². The minimum atomic E-state index is -0.151. The lowest BCUT2D eigenvalue weighted by atomic mass is 10.1. The highest BCUT2D eigenvalue weighted by Crippen LogP contribution is 2.25. The molecule has 1 heterocycles. The molecular formula is C13H14INO2. The van der Waals surface area contributed by atoms with Crippen LogP contribution in [0.2, 0.25) is 0 Å². The first-order valence-electron chi connectivity index (χ1n) is 5.66. The molecule has 1 aromatic rings. The van der Waals surface area contributed by atoms with Crippen molar-refractivity contribution in [3.63, 3.8) is 0 Å². The SMILES string of the molecule is CC(C)CCN1C(=O)c2ccc(I)cc2C1=O. The molecule has 1 aromatic carbocycles. The maximum Gasteiger partial charge on any atom is 0.261 e. The lowest BCUT2D eigenvalue weighted by Gasteiger charge is -2.14. The van der Waals surface area contributed by atoms with Gasteiger partial charge in [-0.1, -0.05) is 13.8 Å². The minimum Gasteiger partial charge on any atom is -0.274 e. The van der Waals surface area contributed by atoms with E-state index >= 15 is 0 Å². The number of imide groups is 1. The predicted molar refractivity (Wildman–Crippen MR) is 74.0 cm³/mol. The Hall–Kier alpha value is -0.910. The molecule has 0 N–H and O–H groups in total. The zero-order valence-electron chi connectivity index (χ0n) is 9.87. The second-order valence-corrected chi connectivity index (χ2v) is 5.88. The summed E-state index contributed by atoms with van der Waals surface area (Å²) in [4.78, 5) is 25.5. The van der Waals surface area contributed by atoms with E-state index in [0.29, 0.717) is 23.6 Å². The first kappa shape index (κ1) is 12.5. The van der Waals surface area contributed by atoms with Crippen LogP contribution in [-0.4, -0.2) is 23.3 Å². The number of nitrogens with zero attached hydrogens (tertiary/aromatic N) is 1. The van der Waals surface area contributed by atoms with Crippen LogP contribution < -0.4 is 0 Å². The average molecular weight is 343 g/mol. The van der Waals surface area contributed by atoms with Crippen LogP contribution in [0.15, 0.2) is 18.2 Å². The second-order valence-electron chi connectivity index (χ2n) is 4.63. The molecule has 0 aliphatic carbocycles. The van der Waals surface area contributed by atoms with E-state index in [1.54, 1.807) is 12.1 Å². The van der Waals surface area contributed by atoms with E-state index < -0.39 is 0 Å². The summed E-state index contributed by atoms with van der Waals surface area (Å²) < 4.78 is 0.980. The zero-order valence-corrected chi connectivity index (χ0v) is 12.0. The summed E-state index contributed by atoms with van der Waals surface area (Å²) in [6.45, 7) is 4.68. The van der Waals surface area contributed by atoms with Crippen molar-refractivity contribution in [1.29, 1.82) is 0 Å². The van der Waals surface area contributed by atoms with Crippen molar-refractivity contribution in [2.45, 2.75) is 20.3 Å².